The summed E-state index contributed by atoms with van der Waals surface area (Å²) in [5.74, 6) is 0.769. The van der Waals surface area contributed by atoms with E-state index in [1.54, 1.807) is 38.1 Å². The topological polar surface area (TPSA) is 110 Å². The number of amides is 1. The fourth-order valence-electron chi connectivity index (χ4n) is 3.45. The number of nitrogens with one attached hydrogen (secondary N) is 1. The van der Waals surface area contributed by atoms with Gasteiger partial charge in [0.05, 0.1) is 21.2 Å². The first kappa shape index (κ1) is 25.3. The molecule has 0 radical (unpaired) electrons. The van der Waals surface area contributed by atoms with Gasteiger partial charge in [-0.1, -0.05) is 44.1 Å². The highest BCUT2D eigenvalue weighted by Gasteiger charge is 2.24. The molecule has 1 amide bonds. The number of hydrogen-bond acceptors (Lipinski definition) is 7. The Morgan fingerprint density at radius 3 is 2.58 bits per heavy atom. The van der Waals surface area contributed by atoms with Crippen LogP contribution in [0.1, 0.15) is 46.3 Å². The molecular weight excluding hydrogens is 462 g/mol. The highest BCUT2D eigenvalue weighted by Crippen LogP contribution is 2.30. The summed E-state index contributed by atoms with van der Waals surface area (Å²) in [5.41, 5.74) is 1.45. The summed E-state index contributed by atoms with van der Waals surface area (Å²) in [4.78, 5) is 17.6. The van der Waals surface area contributed by atoms with Crippen LogP contribution in [0.15, 0.2) is 38.8 Å². The average molecular weight is 494 g/mol. The van der Waals surface area contributed by atoms with Crippen molar-refractivity contribution in [2.45, 2.75) is 69.3 Å². The van der Waals surface area contributed by atoms with Crippen LogP contribution < -0.4 is 5.32 Å². The SMILES string of the molecule is CCCCn1c(SC(C)C(=O)Nc2cc(C)on2)nc2cc(S(=O)(=O)N(CC)CC)ccc21. The molecular formula is C22H31N5O4S2. The predicted molar refractivity (Wildman–Crippen MR) is 130 cm³/mol. The van der Waals surface area contributed by atoms with Crippen molar-refractivity contribution in [2.24, 2.45) is 0 Å². The van der Waals surface area contributed by atoms with E-state index in [2.05, 4.69) is 22.0 Å². The van der Waals surface area contributed by atoms with E-state index >= 15 is 0 Å². The van der Waals surface area contributed by atoms with Gasteiger partial charge in [-0.3, -0.25) is 4.79 Å². The maximum Gasteiger partial charge on any atom is 0.243 e. The molecule has 1 aromatic carbocycles. The second-order valence-corrected chi connectivity index (χ2v) is 11.0. The Kier molecular flexibility index (Phi) is 8.19. The molecule has 180 valence electrons. The number of aryl methyl sites for hydroxylation is 2. The van der Waals surface area contributed by atoms with E-state index in [0.29, 0.717) is 35.3 Å². The van der Waals surface area contributed by atoms with Crippen molar-refractivity contribution < 1.29 is 17.7 Å². The molecule has 2 heterocycles. The van der Waals surface area contributed by atoms with Crippen LogP contribution >= 0.6 is 11.8 Å². The van der Waals surface area contributed by atoms with Crippen LogP contribution in [-0.2, 0) is 21.4 Å². The van der Waals surface area contributed by atoms with Gasteiger partial charge in [0.15, 0.2) is 11.0 Å². The van der Waals surface area contributed by atoms with Crippen molar-refractivity contribution in [3.63, 3.8) is 0 Å². The molecule has 0 aliphatic heterocycles. The molecule has 3 aromatic rings. The Bertz CT molecular complexity index is 1210. The summed E-state index contributed by atoms with van der Waals surface area (Å²) in [6.07, 6.45) is 1.94. The van der Waals surface area contributed by atoms with Crippen LogP contribution in [0.2, 0.25) is 0 Å². The van der Waals surface area contributed by atoms with E-state index < -0.39 is 15.3 Å². The van der Waals surface area contributed by atoms with Gasteiger partial charge in [0.25, 0.3) is 0 Å². The Morgan fingerprint density at radius 2 is 1.97 bits per heavy atom. The van der Waals surface area contributed by atoms with Crippen LogP contribution in [0.3, 0.4) is 0 Å². The average Bonchev–Trinajstić information content (AvgIpc) is 3.34. The lowest BCUT2D eigenvalue weighted by Gasteiger charge is -2.18. The van der Waals surface area contributed by atoms with Crippen LogP contribution in [0.25, 0.3) is 11.0 Å². The zero-order chi connectivity index (χ0) is 24.2. The monoisotopic (exact) mass is 493 g/mol. The summed E-state index contributed by atoms with van der Waals surface area (Å²) >= 11 is 1.33. The number of benzene rings is 1. The van der Waals surface area contributed by atoms with Crippen molar-refractivity contribution in [1.82, 2.24) is 19.0 Å². The van der Waals surface area contributed by atoms with Crippen molar-refractivity contribution in [1.29, 1.82) is 0 Å². The first-order valence-electron chi connectivity index (χ1n) is 11.1. The normalized spacial score (nSPS) is 13.0. The van der Waals surface area contributed by atoms with E-state index in [4.69, 9.17) is 9.51 Å². The maximum atomic E-state index is 13.0. The van der Waals surface area contributed by atoms with Gasteiger partial charge in [-0.05, 0) is 38.5 Å². The Morgan fingerprint density at radius 1 is 1.24 bits per heavy atom. The van der Waals surface area contributed by atoms with E-state index in [1.807, 2.05) is 13.8 Å². The van der Waals surface area contributed by atoms with Crippen LogP contribution in [0, 0.1) is 6.92 Å². The smallest absolute Gasteiger partial charge is 0.243 e. The number of fused-ring (bicyclic) bond motifs is 1. The Hall–Kier alpha value is -2.37. The first-order chi connectivity index (χ1) is 15.7. The number of thioether (sulfide) groups is 1. The molecule has 0 bridgehead atoms. The molecule has 0 spiro atoms. The number of nitrogens with zero attached hydrogens (tertiary/aromatic N) is 4. The number of hydrogen-bond donors (Lipinski definition) is 1. The number of carbonyl (C=O) groups is 1. The van der Waals surface area contributed by atoms with E-state index in [9.17, 15) is 13.2 Å². The molecule has 33 heavy (non-hydrogen) atoms. The van der Waals surface area contributed by atoms with Crippen LogP contribution in [0.5, 0.6) is 0 Å². The number of sulfonamides is 1. The molecule has 0 saturated carbocycles. The minimum Gasteiger partial charge on any atom is -0.360 e. The summed E-state index contributed by atoms with van der Waals surface area (Å²) in [6, 6.07) is 6.72. The minimum atomic E-state index is -3.58. The van der Waals surface area contributed by atoms with E-state index in [-0.39, 0.29) is 10.8 Å². The van der Waals surface area contributed by atoms with Gasteiger partial charge in [-0.2, -0.15) is 4.31 Å². The number of aromatic nitrogens is 3. The number of anilines is 1. The van der Waals surface area contributed by atoms with Gasteiger partial charge in [-0.25, -0.2) is 13.4 Å². The quantitative estimate of drug-likeness (QED) is 0.397. The summed E-state index contributed by atoms with van der Waals surface area (Å²) in [6.45, 7) is 10.8. The third-order valence-electron chi connectivity index (χ3n) is 5.29. The molecule has 3 rings (SSSR count). The summed E-state index contributed by atoms with van der Waals surface area (Å²) in [7, 11) is -3.58. The molecule has 2 aromatic heterocycles. The molecule has 11 heteroatoms. The van der Waals surface area contributed by atoms with Crippen molar-refractivity contribution in [3.05, 3.63) is 30.0 Å². The van der Waals surface area contributed by atoms with Crippen LogP contribution in [-0.4, -0.2) is 51.7 Å². The first-order valence-corrected chi connectivity index (χ1v) is 13.4. The molecule has 1 unspecified atom stereocenters. The fourth-order valence-corrected chi connectivity index (χ4v) is 5.88. The third kappa shape index (κ3) is 5.59. The van der Waals surface area contributed by atoms with Gasteiger partial charge in [0.2, 0.25) is 15.9 Å². The second kappa shape index (κ2) is 10.7. The predicted octanol–water partition coefficient (Wildman–Crippen LogP) is 4.28. The van der Waals surface area contributed by atoms with Gasteiger partial charge in [0.1, 0.15) is 5.76 Å². The summed E-state index contributed by atoms with van der Waals surface area (Å²) in [5, 5.41) is 6.78. The van der Waals surface area contributed by atoms with Crippen LogP contribution in [0.4, 0.5) is 5.82 Å². The number of rotatable bonds is 11. The fraction of sp³-hybridized carbons (Fsp3) is 0.500. The number of unbranched alkanes of at least 4 members (excludes halogenated alkanes) is 1. The Balaban J connectivity index is 1.92. The molecule has 0 saturated heterocycles. The lowest BCUT2D eigenvalue weighted by Crippen LogP contribution is -2.30. The van der Waals surface area contributed by atoms with Gasteiger partial charge < -0.3 is 14.4 Å². The molecule has 9 nitrogen and oxygen atoms in total. The van der Waals surface area contributed by atoms with Crippen molar-refractivity contribution in [2.75, 3.05) is 18.4 Å². The third-order valence-corrected chi connectivity index (χ3v) is 8.43. The van der Waals surface area contributed by atoms with E-state index in [0.717, 1.165) is 24.9 Å². The molecule has 1 atom stereocenters. The van der Waals surface area contributed by atoms with Gasteiger partial charge in [-0.15, -0.1) is 0 Å². The van der Waals surface area contributed by atoms with E-state index in [1.165, 1.54) is 16.1 Å². The zero-order valence-electron chi connectivity index (χ0n) is 19.7. The lowest BCUT2D eigenvalue weighted by molar-refractivity contribution is -0.115. The maximum absolute atomic E-state index is 13.0. The van der Waals surface area contributed by atoms with Gasteiger partial charge in [0, 0.05) is 25.7 Å². The number of imidazole rings is 1. The molecule has 0 aliphatic carbocycles. The Labute approximate surface area is 199 Å². The highest BCUT2D eigenvalue weighted by molar-refractivity contribution is 8.00. The summed E-state index contributed by atoms with van der Waals surface area (Å²) < 4.78 is 34.4. The standard InChI is InChI=1S/C22H31N5O4S2/c1-6-9-12-27-19-11-10-17(33(29,30)26(7-2)8-3)14-18(19)23-22(27)32-16(5)21(28)24-20-13-15(4)31-25-20/h10-11,13-14,16H,6-9,12H2,1-5H3,(H,24,25,28). The molecule has 0 fully saturated rings. The number of carbonyl (C=O) groups excluding carboxylic acids is 1. The largest absolute Gasteiger partial charge is 0.360 e. The van der Waals surface area contributed by atoms with Crippen molar-refractivity contribution >= 4 is 44.5 Å². The highest BCUT2D eigenvalue weighted by atomic mass is 32.2. The zero-order valence-corrected chi connectivity index (χ0v) is 21.3. The van der Waals surface area contributed by atoms with Gasteiger partial charge >= 0.3 is 0 Å². The van der Waals surface area contributed by atoms with Crippen molar-refractivity contribution in [3.8, 4) is 0 Å². The molecule has 1 N–H and O–H groups in total. The minimum absolute atomic E-state index is 0.216. The molecule has 0 aliphatic rings. The lowest BCUT2D eigenvalue weighted by atomic mass is 10.3. The second-order valence-electron chi connectivity index (χ2n) is 7.71.